The smallest absolute Gasteiger partial charge is 0.331 e. The SMILES string of the molecule is CCCCc1cnc(-c2ccc(C=C(C[C@H](C)CC)C(=O)O)cc2)nc1. The van der Waals surface area contributed by atoms with E-state index in [1.54, 1.807) is 6.08 Å². The van der Waals surface area contributed by atoms with Crippen molar-refractivity contribution in [1.29, 1.82) is 0 Å². The van der Waals surface area contributed by atoms with Gasteiger partial charge < -0.3 is 5.11 Å². The summed E-state index contributed by atoms with van der Waals surface area (Å²) in [6.07, 6.45) is 10.4. The molecule has 0 saturated heterocycles. The fourth-order valence-electron chi connectivity index (χ4n) is 2.67. The van der Waals surface area contributed by atoms with Crippen LogP contribution in [0.25, 0.3) is 17.5 Å². The number of unbranched alkanes of at least 4 members (excludes halogenated alkanes) is 1. The normalized spacial score (nSPS) is 12.8. The zero-order valence-electron chi connectivity index (χ0n) is 15.9. The molecule has 1 heterocycles. The van der Waals surface area contributed by atoms with E-state index in [1.165, 1.54) is 0 Å². The first-order chi connectivity index (χ1) is 12.5. The highest BCUT2D eigenvalue weighted by molar-refractivity contribution is 5.92. The zero-order chi connectivity index (χ0) is 18.9. The van der Waals surface area contributed by atoms with Crippen LogP contribution >= 0.6 is 0 Å². The molecule has 0 aliphatic rings. The van der Waals surface area contributed by atoms with Gasteiger partial charge in [-0.2, -0.15) is 0 Å². The van der Waals surface area contributed by atoms with Crippen molar-refractivity contribution in [3.05, 3.63) is 53.4 Å². The van der Waals surface area contributed by atoms with Crippen LogP contribution in [0.1, 0.15) is 57.6 Å². The van der Waals surface area contributed by atoms with Gasteiger partial charge in [-0.3, -0.25) is 0 Å². The highest BCUT2D eigenvalue weighted by Crippen LogP contribution is 2.20. The lowest BCUT2D eigenvalue weighted by atomic mass is 9.97. The van der Waals surface area contributed by atoms with E-state index in [9.17, 15) is 9.90 Å². The maximum absolute atomic E-state index is 11.5. The van der Waals surface area contributed by atoms with Crippen molar-refractivity contribution in [3.8, 4) is 11.4 Å². The Hall–Kier alpha value is -2.49. The van der Waals surface area contributed by atoms with Crippen LogP contribution in [0.4, 0.5) is 0 Å². The summed E-state index contributed by atoms with van der Waals surface area (Å²) in [6.45, 7) is 6.32. The number of hydrogen-bond donors (Lipinski definition) is 1. The molecule has 4 heteroatoms. The summed E-state index contributed by atoms with van der Waals surface area (Å²) in [4.78, 5) is 20.4. The molecule has 0 bridgehead atoms. The number of benzene rings is 1. The molecule has 0 saturated carbocycles. The number of aliphatic carboxylic acids is 1. The molecule has 0 fully saturated rings. The lowest BCUT2D eigenvalue weighted by Gasteiger charge is -2.09. The standard InChI is InChI=1S/C22H28N2O2/c1-4-6-7-18-14-23-21(24-15-18)19-10-8-17(9-11-19)13-20(22(25)26)12-16(3)5-2/h8-11,13-16H,4-7,12H2,1-3H3,(H,25,26)/t16-/m1/s1. The molecule has 0 aliphatic heterocycles. The van der Waals surface area contributed by atoms with Crippen LogP contribution < -0.4 is 0 Å². The topological polar surface area (TPSA) is 63.1 Å². The zero-order valence-corrected chi connectivity index (χ0v) is 15.9. The van der Waals surface area contributed by atoms with Crippen molar-refractivity contribution in [1.82, 2.24) is 9.97 Å². The molecule has 0 radical (unpaired) electrons. The second-order valence-electron chi connectivity index (χ2n) is 6.83. The van der Waals surface area contributed by atoms with Crippen molar-refractivity contribution in [2.45, 2.75) is 52.9 Å². The van der Waals surface area contributed by atoms with Crippen LogP contribution in [0.3, 0.4) is 0 Å². The maximum atomic E-state index is 11.5. The molecule has 4 nitrogen and oxygen atoms in total. The van der Waals surface area contributed by atoms with Gasteiger partial charge in [0.25, 0.3) is 0 Å². The van der Waals surface area contributed by atoms with Crippen LogP contribution in [-0.2, 0) is 11.2 Å². The molecular formula is C22H28N2O2. The highest BCUT2D eigenvalue weighted by atomic mass is 16.4. The predicted octanol–water partition coefficient (Wildman–Crippen LogP) is 5.39. The average Bonchev–Trinajstić information content (AvgIpc) is 2.66. The number of rotatable bonds is 9. The first-order valence-electron chi connectivity index (χ1n) is 9.38. The highest BCUT2D eigenvalue weighted by Gasteiger charge is 2.11. The van der Waals surface area contributed by atoms with E-state index in [0.717, 1.165) is 42.4 Å². The maximum Gasteiger partial charge on any atom is 0.331 e. The lowest BCUT2D eigenvalue weighted by molar-refractivity contribution is -0.132. The summed E-state index contributed by atoms with van der Waals surface area (Å²) in [7, 11) is 0. The third-order valence-electron chi connectivity index (χ3n) is 4.57. The van der Waals surface area contributed by atoms with E-state index in [0.29, 0.717) is 23.7 Å². The molecule has 1 aromatic carbocycles. The Morgan fingerprint density at radius 1 is 1.15 bits per heavy atom. The van der Waals surface area contributed by atoms with Crippen LogP contribution in [-0.4, -0.2) is 21.0 Å². The van der Waals surface area contributed by atoms with Gasteiger partial charge in [0.15, 0.2) is 5.82 Å². The van der Waals surface area contributed by atoms with Gasteiger partial charge in [-0.05, 0) is 42.4 Å². The molecule has 0 aliphatic carbocycles. The second kappa shape index (κ2) is 9.85. The van der Waals surface area contributed by atoms with Crippen LogP contribution in [0, 0.1) is 5.92 Å². The molecule has 138 valence electrons. The number of aromatic nitrogens is 2. The molecule has 1 atom stereocenters. The first kappa shape index (κ1) is 19.8. The van der Waals surface area contributed by atoms with Crippen LogP contribution in [0.15, 0.2) is 42.2 Å². The minimum Gasteiger partial charge on any atom is -0.478 e. The molecule has 0 spiro atoms. The number of aryl methyl sites for hydroxylation is 1. The Bertz CT molecular complexity index is 734. The van der Waals surface area contributed by atoms with Crippen molar-refractivity contribution >= 4 is 12.0 Å². The monoisotopic (exact) mass is 352 g/mol. The first-order valence-corrected chi connectivity index (χ1v) is 9.38. The molecular weight excluding hydrogens is 324 g/mol. The molecule has 0 unspecified atom stereocenters. The fraction of sp³-hybridized carbons (Fsp3) is 0.409. The summed E-state index contributed by atoms with van der Waals surface area (Å²) < 4.78 is 0. The van der Waals surface area contributed by atoms with Gasteiger partial charge in [0, 0.05) is 23.5 Å². The summed E-state index contributed by atoms with van der Waals surface area (Å²) in [6, 6.07) is 7.72. The van der Waals surface area contributed by atoms with E-state index in [-0.39, 0.29) is 0 Å². The van der Waals surface area contributed by atoms with E-state index in [1.807, 2.05) is 36.7 Å². The Labute approximate surface area is 156 Å². The van der Waals surface area contributed by atoms with Gasteiger partial charge in [0.1, 0.15) is 0 Å². The van der Waals surface area contributed by atoms with Gasteiger partial charge in [-0.1, -0.05) is 57.9 Å². The van der Waals surface area contributed by atoms with Crippen molar-refractivity contribution in [3.63, 3.8) is 0 Å². The molecule has 0 amide bonds. The summed E-state index contributed by atoms with van der Waals surface area (Å²) in [5.74, 6) is 0.204. The lowest BCUT2D eigenvalue weighted by Crippen LogP contribution is -2.05. The predicted molar refractivity (Wildman–Crippen MR) is 106 cm³/mol. The number of nitrogens with zero attached hydrogens (tertiary/aromatic N) is 2. The quantitative estimate of drug-likeness (QED) is 0.615. The Kier molecular flexibility index (Phi) is 7.52. The van der Waals surface area contributed by atoms with E-state index in [4.69, 9.17) is 0 Å². The van der Waals surface area contributed by atoms with Crippen molar-refractivity contribution in [2.24, 2.45) is 5.92 Å². The third-order valence-corrected chi connectivity index (χ3v) is 4.57. The largest absolute Gasteiger partial charge is 0.478 e. The van der Waals surface area contributed by atoms with Crippen LogP contribution in [0.5, 0.6) is 0 Å². The van der Waals surface area contributed by atoms with Crippen molar-refractivity contribution in [2.75, 3.05) is 0 Å². The van der Waals surface area contributed by atoms with Gasteiger partial charge in [-0.15, -0.1) is 0 Å². The van der Waals surface area contributed by atoms with E-state index < -0.39 is 5.97 Å². The van der Waals surface area contributed by atoms with Crippen LogP contribution in [0.2, 0.25) is 0 Å². The number of carboxylic acid groups (broad SMARTS) is 1. The number of hydrogen-bond acceptors (Lipinski definition) is 3. The molecule has 1 aromatic heterocycles. The Balaban J connectivity index is 2.13. The Morgan fingerprint density at radius 3 is 2.35 bits per heavy atom. The van der Waals surface area contributed by atoms with Gasteiger partial charge in [-0.25, -0.2) is 14.8 Å². The fourth-order valence-corrected chi connectivity index (χ4v) is 2.67. The minimum atomic E-state index is -0.847. The van der Waals surface area contributed by atoms with E-state index in [2.05, 4.69) is 30.7 Å². The summed E-state index contributed by atoms with van der Waals surface area (Å²) >= 11 is 0. The molecule has 26 heavy (non-hydrogen) atoms. The summed E-state index contributed by atoms with van der Waals surface area (Å²) in [5.41, 5.74) is 3.42. The number of carboxylic acids is 1. The van der Waals surface area contributed by atoms with E-state index >= 15 is 0 Å². The third kappa shape index (κ3) is 5.80. The average molecular weight is 352 g/mol. The molecule has 2 rings (SSSR count). The Morgan fingerprint density at radius 2 is 1.81 bits per heavy atom. The van der Waals surface area contributed by atoms with Gasteiger partial charge in [0.2, 0.25) is 0 Å². The molecule has 1 N–H and O–H groups in total. The van der Waals surface area contributed by atoms with Gasteiger partial charge in [0.05, 0.1) is 0 Å². The molecule has 2 aromatic rings. The summed E-state index contributed by atoms with van der Waals surface area (Å²) in [5, 5.41) is 9.41. The minimum absolute atomic E-state index is 0.358. The van der Waals surface area contributed by atoms with Gasteiger partial charge >= 0.3 is 5.97 Å². The number of carbonyl (C=O) groups is 1. The second-order valence-corrected chi connectivity index (χ2v) is 6.83. The van der Waals surface area contributed by atoms with Crippen molar-refractivity contribution < 1.29 is 9.90 Å².